The maximum atomic E-state index is 13.8. The van der Waals surface area contributed by atoms with Gasteiger partial charge in [0.05, 0.1) is 6.10 Å². The smallest absolute Gasteiger partial charge is 0.129 e. The van der Waals surface area contributed by atoms with Gasteiger partial charge in [0.2, 0.25) is 0 Å². The molecule has 3 rings (SSSR count). The van der Waals surface area contributed by atoms with Crippen LogP contribution in [0.3, 0.4) is 0 Å². The molecule has 1 aliphatic rings. The van der Waals surface area contributed by atoms with Crippen molar-refractivity contribution < 1.29 is 9.50 Å². The van der Waals surface area contributed by atoms with E-state index in [1.54, 1.807) is 24.4 Å². The molecule has 2 unspecified atom stereocenters. The molecule has 1 N–H and O–H groups in total. The Balaban J connectivity index is 1.53. The zero-order valence-electron chi connectivity index (χ0n) is 14.0. The number of halogens is 1. The predicted octanol–water partition coefficient (Wildman–Crippen LogP) is 2.63. The summed E-state index contributed by atoms with van der Waals surface area (Å²) in [6.07, 6.45) is 2.92. The third kappa shape index (κ3) is 3.98. The number of aliphatic hydroxyl groups excluding tert-OH is 1. The molecule has 1 saturated heterocycles. The van der Waals surface area contributed by atoms with Crippen molar-refractivity contribution in [1.82, 2.24) is 14.8 Å². The second kappa shape index (κ2) is 7.83. The van der Waals surface area contributed by atoms with Crippen LogP contribution in [0.1, 0.15) is 30.2 Å². The summed E-state index contributed by atoms with van der Waals surface area (Å²) in [4.78, 5) is 8.81. The van der Waals surface area contributed by atoms with E-state index in [1.807, 2.05) is 12.3 Å². The van der Waals surface area contributed by atoms with Crippen molar-refractivity contribution in [1.29, 1.82) is 0 Å². The second-order valence-electron chi connectivity index (χ2n) is 6.34. The van der Waals surface area contributed by atoms with E-state index in [1.165, 1.54) is 11.6 Å². The molecule has 2 heterocycles. The molecule has 2 aromatic rings. The van der Waals surface area contributed by atoms with Gasteiger partial charge in [-0.05, 0) is 24.6 Å². The van der Waals surface area contributed by atoms with Crippen molar-refractivity contribution in [2.75, 3.05) is 32.7 Å². The highest BCUT2D eigenvalue weighted by Crippen LogP contribution is 2.22. The fourth-order valence-corrected chi connectivity index (χ4v) is 3.26. The summed E-state index contributed by atoms with van der Waals surface area (Å²) < 4.78 is 13.8. The highest BCUT2D eigenvalue weighted by Gasteiger charge is 2.24. The summed E-state index contributed by atoms with van der Waals surface area (Å²) in [5.74, 6) is -0.339. The first-order valence-electron chi connectivity index (χ1n) is 8.44. The summed E-state index contributed by atoms with van der Waals surface area (Å²) in [5, 5.41) is 10.3. The number of aliphatic hydroxyl groups is 1. The SMILES string of the molecule is CC(c1cccnc1)N1CCN(CC(O)c2ccccc2F)CC1. The number of β-amino-alcohol motifs (C(OH)–C–C–N with tert-alkyl or cyclic N) is 1. The first-order valence-corrected chi connectivity index (χ1v) is 8.44. The molecule has 1 aliphatic heterocycles. The highest BCUT2D eigenvalue weighted by atomic mass is 19.1. The average Bonchev–Trinajstić information content (AvgIpc) is 2.63. The Morgan fingerprint density at radius 2 is 1.88 bits per heavy atom. The first-order chi connectivity index (χ1) is 11.6. The van der Waals surface area contributed by atoms with Gasteiger partial charge in [0.15, 0.2) is 0 Å². The van der Waals surface area contributed by atoms with Crippen molar-refractivity contribution in [3.63, 3.8) is 0 Å². The number of piperazine rings is 1. The Morgan fingerprint density at radius 1 is 1.12 bits per heavy atom. The van der Waals surface area contributed by atoms with Crippen molar-refractivity contribution in [3.8, 4) is 0 Å². The number of nitrogens with zero attached hydrogens (tertiary/aromatic N) is 3. The van der Waals surface area contributed by atoms with E-state index in [9.17, 15) is 9.50 Å². The maximum Gasteiger partial charge on any atom is 0.129 e. The highest BCUT2D eigenvalue weighted by molar-refractivity contribution is 5.20. The van der Waals surface area contributed by atoms with Gasteiger partial charge >= 0.3 is 0 Å². The van der Waals surface area contributed by atoms with Crippen LogP contribution in [0, 0.1) is 5.82 Å². The van der Waals surface area contributed by atoms with Crippen LogP contribution < -0.4 is 0 Å². The van der Waals surface area contributed by atoms with Gasteiger partial charge in [-0.1, -0.05) is 24.3 Å². The van der Waals surface area contributed by atoms with Crippen LogP contribution in [-0.2, 0) is 0 Å². The largest absolute Gasteiger partial charge is 0.387 e. The van der Waals surface area contributed by atoms with Gasteiger partial charge in [0.1, 0.15) is 5.82 Å². The fourth-order valence-electron chi connectivity index (χ4n) is 3.26. The standard InChI is InChI=1S/C19H24FN3O/c1-15(16-5-4-8-21-13-16)23-11-9-22(10-12-23)14-19(24)17-6-2-3-7-18(17)20/h2-8,13,15,19,24H,9-12,14H2,1H3. The number of rotatable bonds is 5. The van der Waals surface area contributed by atoms with Gasteiger partial charge in [-0.2, -0.15) is 0 Å². The molecule has 0 spiro atoms. The van der Waals surface area contributed by atoms with E-state index in [0.717, 1.165) is 26.2 Å². The van der Waals surface area contributed by atoms with Gasteiger partial charge in [-0.3, -0.25) is 14.8 Å². The first kappa shape index (κ1) is 17.0. The van der Waals surface area contributed by atoms with Crippen LogP contribution in [0.5, 0.6) is 0 Å². The van der Waals surface area contributed by atoms with Crippen LogP contribution in [0.4, 0.5) is 4.39 Å². The molecule has 0 radical (unpaired) electrons. The Kier molecular flexibility index (Phi) is 5.56. The van der Waals surface area contributed by atoms with Crippen LogP contribution in [0.2, 0.25) is 0 Å². The topological polar surface area (TPSA) is 39.6 Å². The molecule has 5 heteroatoms. The summed E-state index contributed by atoms with van der Waals surface area (Å²) in [6.45, 7) is 6.27. The molecule has 2 atom stereocenters. The summed E-state index contributed by atoms with van der Waals surface area (Å²) in [6, 6.07) is 10.8. The van der Waals surface area contributed by atoms with Gasteiger partial charge in [-0.25, -0.2) is 4.39 Å². The molecule has 0 aliphatic carbocycles. The Hall–Kier alpha value is -1.82. The Morgan fingerprint density at radius 3 is 2.54 bits per heavy atom. The summed E-state index contributed by atoms with van der Waals surface area (Å²) in [7, 11) is 0. The lowest BCUT2D eigenvalue weighted by atomic mass is 10.1. The Bertz CT molecular complexity index is 644. The minimum Gasteiger partial charge on any atom is -0.387 e. The van der Waals surface area contributed by atoms with E-state index in [4.69, 9.17) is 0 Å². The molecular weight excluding hydrogens is 305 g/mol. The number of pyridine rings is 1. The van der Waals surface area contributed by atoms with E-state index in [0.29, 0.717) is 18.2 Å². The lowest BCUT2D eigenvalue weighted by Gasteiger charge is -2.38. The van der Waals surface area contributed by atoms with E-state index in [2.05, 4.69) is 27.8 Å². The van der Waals surface area contributed by atoms with Gasteiger partial charge in [0, 0.05) is 56.7 Å². The van der Waals surface area contributed by atoms with E-state index in [-0.39, 0.29) is 5.82 Å². The van der Waals surface area contributed by atoms with Gasteiger partial charge in [0.25, 0.3) is 0 Å². The zero-order chi connectivity index (χ0) is 16.9. The normalized spacial score (nSPS) is 19.1. The molecule has 0 saturated carbocycles. The predicted molar refractivity (Wildman–Crippen MR) is 92.0 cm³/mol. The van der Waals surface area contributed by atoms with E-state index >= 15 is 0 Å². The monoisotopic (exact) mass is 329 g/mol. The lowest BCUT2D eigenvalue weighted by Crippen LogP contribution is -2.48. The fraction of sp³-hybridized carbons (Fsp3) is 0.421. The Labute approximate surface area is 142 Å². The molecule has 128 valence electrons. The number of hydrogen-bond acceptors (Lipinski definition) is 4. The second-order valence-corrected chi connectivity index (χ2v) is 6.34. The summed E-state index contributed by atoms with van der Waals surface area (Å²) in [5.41, 5.74) is 1.60. The minimum atomic E-state index is -0.784. The van der Waals surface area contributed by atoms with Crippen LogP contribution in [-0.4, -0.2) is 52.6 Å². The lowest BCUT2D eigenvalue weighted by molar-refractivity contribution is 0.0576. The number of hydrogen-bond donors (Lipinski definition) is 1. The maximum absolute atomic E-state index is 13.8. The molecule has 1 aromatic heterocycles. The quantitative estimate of drug-likeness (QED) is 0.915. The summed E-state index contributed by atoms with van der Waals surface area (Å²) >= 11 is 0. The third-order valence-electron chi connectivity index (χ3n) is 4.82. The average molecular weight is 329 g/mol. The van der Waals surface area contributed by atoms with Gasteiger partial charge < -0.3 is 5.11 Å². The van der Waals surface area contributed by atoms with Crippen LogP contribution in [0.15, 0.2) is 48.8 Å². The molecule has 4 nitrogen and oxygen atoms in total. The molecule has 1 aromatic carbocycles. The van der Waals surface area contributed by atoms with Crippen LogP contribution >= 0.6 is 0 Å². The molecule has 0 amide bonds. The van der Waals surface area contributed by atoms with Crippen molar-refractivity contribution in [2.24, 2.45) is 0 Å². The number of benzene rings is 1. The zero-order valence-corrected chi connectivity index (χ0v) is 14.0. The molecular formula is C19H24FN3O. The van der Waals surface area contributed by atoms with Crippen molar-refractivity contribution in [2.45, 2.75) is 19.1 Å². The van der Waals surface area contributed by atoms with E-state index < -0.39 is 6.10 Å². The molecule has 24 heavy (non-hydrogen) atoms. The van der Waals surface area contributed by atoms with Crippen LogP contribution in [0.25, 0.3) is 0 Å². The molecule has 1 fully saturated rings. The third-order valence-corrected chi connectivity index (χ3v) is 4.82. The van der Waals surface area contributed by atoms with Crippen molar-refractivity contribution in [3.05, 3.63) is 65.7 Å². The number of aromatic nitrogens is 1. The molecule has 0 bridgehead atoms. The van der Waals surface area contributed by atoms with Gasteiger partial charge in [-0.15, -0.1) is 0 Å². The van der Waals surface area contributed by atoms with Crippen molar-refractivity contribution >= 4 is 0 Å². The minimum absolute atomic E-state index is 0.331.